The number of nitrogens with one attached hydrogen (secondary N) is 1. The van der Waals surface area contributed by atoms with Crippen molar-refractivity contribution in [2.24, 2.45) is 0 Å². The molecule has 0 spiro atoms. The minimum atomic E-state index is -0.311. The predicted octanol–water partition coefficient (Wildman–Crippen LogP) is 4.04. The highest BCUT2D eigenvalue weighted by molar-refractivity contribution is 5.72. The lowest BCUT2D eigenvalue weighted by Gasteiger charge is -2.11. The van der Waals surface area contributed by atoms with Gasteiger partial charge in [0.25, 0.3) is 0 Å². The van der Waals surface area contributed by atoms with Crippen LogP contribution in [0.5, 0.6) is 11.6 Å². The highest BCUT2D eigenvalue weighted by atomic mass is 19.1. The van der Waals surface area contributed by atoms with Crippen LogP contribution in [0.25, 0.3) is 0 Å². The number of ether oxygens (including phenoxy) is 1. The van der Waals surface area contributed by atoms with Crippen molar-refractivity contribution in [3.63, 3.8) is 0 Å². The van der Waals surface area contributed by atoms with Crippen LogP contribution >= 0.6 is 0 Å². The van der Waals surface area contributed by atoms with Crippen molar-refractivity contribution in [2.45, 2.75) is 6.92 Å². The predicted molar refractivity (Wildman–Crippen MR) is 87.4 cm³/mol. The molecule has 0 bridgehead atoms. The van der Waals surface area contributed by atoms with Gasteiger partial charge in [-0.15, -0.1) is 0 Å². The molecular formula is C17H15FN4O. The number of aryl methyl sites for hydroxylation is 1. The van der Waals surface area contributed by atoms with Gasteiger partial charge in [-0.3, -0.25) is 0 Å². The second-order valence-electron chi connectivity index (χ2n) is 4.99. The molecule has 0 radical (unpaired) electrons. The normalized spacial score (nSPS) is 10.3. The standard InChI is InChI=1S/C17H15FN4O/c1-11-2-8-14(9-3-11)23-17-15(19)16(20-10-21-17)22-13-6-4-12(18)5-7-13/h2-10H,19H2,1H3,(H,20,21,22). The molecule has 2 aromatic carbocycles. The van der Waals surface area contributed by atoms with Crippen molar-refractivity contribution in [3.05, 3.63) is 66.2 Å². The van der Waals surface area contributed by atoms with E-state index in [1.165, 1.54) is 18.5 Å². The lowest BCUT2D eigenvalue weighted by atomic mass is 10.2. The lowest BCUT2D eigenvalue weighted by Crippen LogP contribution is -2.03. The summed E-state index contributed by atoms with van der Waals surface area (Å²) >= 11 is 0. The van der Waals surface area contributed by atoms with Gasteiger partial charge in [0.15, 0.2) is 5.82 Å². The molecule has 0 saturated heterocycles. The van der Waals surface area contributed by atoms with E-state index in [-0.39, 0.29) is 17.4 Å². The van der Waals surface area contributed by atoms with Crippen molar-refractivity contribution in [2.75, 3.05) is 11.1 Å². The van der Waals surface area contributed by atoms with Crippen LogP contribution < -0.4 is 15.8 Å². The Labute approximate surface area is 133 Å². The fourth-order valence-electron chi connectivity index (χ4n) is 1.95. The lowest BCUT2D eigenvalue weighted by molar-refractivity contribution is 0.464. The number of rotatable bonds is 4. The van der Waals surface area contributed by atoms with Gasteiger partial charge < -0.3 is 15.8 Å². The second-order valence-corrected chi connectivity index (χ2v) is 4.99. The summed E-state index contributed by atoms with van der Waals surface area (Å²) in [7, 11) is 0. The number of nitrogens with two attached hydrogens (primary N) is 1. The van der Waals surface area contributed by atoms with E-state index in [1.54, 1.807) is 12.1 Å². The number of aromatic nitrogens is 2. The maximum absolute atomic E-state index is 12.9. The first-order chi connectivity index (χ1) is 11.1. The first-order valence-electron chi connectivity index (χ1n) is 6.99. The maximum Gasteiger partial charge on any atom is 0.248 e. The topological polar surface area (TPSA) is 73.1 Å². The molecule has 6 heteroatoms. The van der Waals surface area contributed by atoms with E-state index >= 15 is 0 Å². The molecule has 1 aromatic heterocycles. The van der Waals surface area contributed by atoms with Crippen molar-refractivity contribution < 1.29 is 9.13 Å². The van der Waals surface area contributed by atoms with Crippen LogP contribution in [-0.2, 0) is 0 Å². The SMILES string of the molecule is Cc1ccc(Oc2ncnc(Nc3ccc(F)cc3)c2N)cc1. The molecule has 0 unspecified atom stereocenters. The van der Waals surface area contributed by atoms with Crippen molar-refractivity contribution >= 4 is 17.2 Å². The zero-order valence-electron chi connectivity index (χ0n) is 12.5. The molecule has 0 saturated carbocycles. The van der Waals surface area contributed by atoms with Gasteiger partial charge in [0, 0.05) is 5.69 Å². The van der Waals surface area contributed by atoms with Gasteiger partial charge in [0.2, 0.25) is 5.88 Å². The highest BCUT2D eigenvalue weighted by Gasteiger charge is 2.10. The third-order valence-electron chi connectivity index (χ3n) is 3.19. The van der Waals surface area contributed by atoms with Gasteiger partial charge >= 0.3 is 0 Å². The Morgan fingerprint density at radius 3 is 2.39 bits per heavy atom. The minimum Gasteiger partial charge on any atom is -0.437 e. The van der Waals surface area contributed by atoms with E-state index in [2.05, 4.69) is 15.3 Å². The summed E-state index contributed by atoms with van der Waals surface area (Å²) in [6, 6.07) is 13.4. The molecule has 1 heterocycles. The van der Waals surface area contributed by atoms with Crippen LogP contribution in [0.2, 0.25) is 0 Å². The third-order valence-corrected chi connectivity index (χ3v) is 3.19. The molecule has 0 aliphatic carbocycles. The molecule has 3 N–H and O–H groups in total. The Morgan fingerprint density at radius 2 is 1.70 bits per heavy atom. The summed E-state index contributed by atoms with van der Waals surface area (Å²) < 4.78 is 18.6. The first kappa shape index (κ1) is 14.8. The maximum atomic E-state index is 12.9. The Bertz CT molecular complexity index is 738. The molecule has 0 amide bonds. The van der Waals surface area contributed by atoms with Gasteiger partial charge in [-0.05, 0) is 43.3 Å². The average molecular weight is 310 g/mol. The molecule has 116 valence electrons. The van der Waals surface area contributed by atoms with Crippen LogP contribution in [0, 0.1) is 12.7 Å². The summed E-state index contributed by atoms with van der Waals surface area (Å²) in [6.45, 7) is 1.99. The number of hydrogen-bond donors (Lipinski definition) is 2. The zero-order valence-corrected chi connectivity index (χ0v) is 12.5. The van der Waals surface area contributed by atoms with Crippen LogP contribution in [0.4, 0.5) is 21.6 Å². The van der Waals surface area contributed by atoms with Crippen LogP contribution in [0.3, 0.4) is 0 Å². The number of nitrogen functional groups attached to an aromatic ring is 1. The van der Waals surface area contributed by atoms with E-state index in [0.717, 1.165) is 5.56 Å². The Morgan fingerprint density at radius 1 is 1.00 bits per heavy atom. The van der Waals surface area contributed by atoms with Crippen molar-refractivity contribution in [1.82, 2.24) is 9.97 Å². The molecule has 3 aromatic rings. The van der Waals surface area contributed by atoms with Crippen LogP contribution in [-0.4, -0.2) is 9.97 Å². The summed E-state index contributed by atoms with van der Waals surface area (Å²) in [5, 5.41) is 3.01. The number of nitrogens with zero attached hydrogens (tertiary/aromatic N) is 2. The molecule has 0 aliphatic heterocycles. The van der Waals surface area contributed by atoms with Gasteiger partial charge in [-0.2, -0.15) is 4.98 Å². The summed E-state index contributed by atoms with van der Waals surface area (Å²) in [6.07, 6.45) is 1.35. The highest BCUT2D eigenvalue weighted by Crippen LogP contribution is 2.30. The van der Waals surface area contributed by atoms with E-state index in [1.807, 2.05) is 31.2 Å². The van der Waals surface area contributed by atoms with Crippen LogP contribution in [0.15, 0.2) is 54.9 Å². The number of halogens is 1. The fourth-order valence-corrected chi connectivity index (χ4v) is 1.95. The third kappa shape index (κ3) is 3.55. The van der Waals surface area contributed by atoms with Crippen LogP contribution in [0.1, 0.15) is 5.56 Å². The molecule has 0 fully saturated rings. The summed E-state index contributed by atoms with van der Waals surface area (Å²) in [4.78, 5) is 8.15. The molecular weight excluding hydrogens is 295 g/mol. The monoisotopic (exact) mass is 310 g/mol. The first-order valence-corrected chi connectivity index (χ1v) is 6.99. The largest absolute Gasteiger partial charge is 0.437 e. The quantitative estimate of drug-likeness (QED) is 0.760. The van der Waals surface area contributed by atoms with E-state index < -0.39 is 0 Å². The van der Waals surface area contributed by atoms with Gasteiger partial charge in [0.05, 0.1) is 0 Å². The molecule has 5 nitrogen and oxygen atoms in total. The Hall–Kier alpha value is -3.15. The molecule has 0 aliphatic rings. The van der Waals surface area contributed by atoms with Gasteiger partial charge in [-0.25, -0.2) is 9.37 Å². The summed E-state index contributed by atoms with van der Waals surface area (Å²) in [5.74, 6) is 0.977. The zero-order chi connectivity index (χ0) is 16.2. The Balaban J connectivity index is 1.83. The van der Waals surface area contributed by atoms with E-state index in [4.69, 9.17) is 10.5 Å². The molecule has 3 rings (SSSR count). The second kappa shape index (κ2) is 6.31. The van der Waals surface area contributed by atoms with E-state index in [9.17, 15) is 4.39 Å². The smallest absolute Gasteiger partial charge is 0.248 e. The molecule has 0 atom stereocenters. The average Bonchev–Trinajstić information content (AvgIpc) is 2.55. The number of hydrogen-bond acceptors (Lipinski definition) is 5. The molecule has 23 heavy (non-hydrogen) atoms. The fraction of sp³-hybridized carbons (Fsp3) is 0.0588. The Kier molecular flexibility index (Phi) is 4.05. The summed E-state index contributed by atoms with van der Waals surface area (Å²) in [5.41, 5.74) is 8.12. The van der Waals surface area contributed by atoms with E-state index in [0.29, 0.717) is 17.3 Å². The van der Waals surface area contributed by atoms with Gasteiger partial charge in [-0.1, -0.05) is 17.7 Å². The van der Waals surface area contributed by atoms with Crippen molar-refractivity contribution in [3.8, 4) is 11.6 Å². The van der Waals surface area contributed by atoms with Crippen molar-refractivity contribution in [1.29, 1.82) is 0 Å². The minimum absolute atomic E-state index is 0.258. The van der Waals surface area contributed by atoms with Gasteiger partial charge in [0.1, 0.15) is 23.6 Å². The number of anilines is 3. The number of benzene rings is 2.